The van der Waals surface area contributed by atoms with Gasteiger partial charge in [0.15, 0.2) is 0 Å². The van der Waals surface area contributed by atoms with Crippen molar-refractivity contribution < 1.29 is 4.42 Å². The molecule has 1 fully saturated rings. The maximum Gasteiger partial charge on any atom is 0.134 e. The molecule has 0 aliphatic heterocycles. The fourth-order valence-electron chi connectivity index (χ4n) is 1.78. The highest BCUT2D eigenvalue weighted by molar-refractivity contribution is 5.84. The van der Waals surface area contributed by atoms with Crippen LogP contribution in [0, 0.1) is 0 Å². The van der Waals surface area contributed by atoms with Crippen molar-refractivity contribution in [3.63, 3.8) is 0 Å². The summed E-state index contributed by atoms with van der Waals surface area (Å²) in [7, 11) is 0. The lowest BCUT2D eigenvalue weighted by Crippen LogP contribution is -2.14. The van der Waals surface area contributed by atoms with Gasteiger partial charge < -0.3 is 15.5 Å². The normalized spacial score (nSPS) is 16.0. The summed E-state index contributed by atoms with van der Waals surface area (Å²) in [4.78, 5) is 0. The van der Waals surface area contributed by atoms with E-state index < -0.39 is 0 Å². The Morgan fingerprint density at radius 3 is 3.07 bits per heavy atom. The Kier molecular flexibility index (Phi) is 1.92. The van der Waals surface area contributed by atoms with E-state index in [4.69, 9.17) is 10.2 Å². The minimum atomic E-state index is 0.719. The van der Waals surface area contributed by atoms with Crippen molar-refractivity contribution in [3.05, 3.63) is 30.0 Å². The Labute approximate surface area is 88.3 Å². The van der Waals surface area contributed by atoms with Gasteiger partial charge >= 0.3 is 0 Å². The average Bonchev–Trinajstić information content (AvgIpc) is 2.97. The molecule has 0 unspecified atom stereocenters. The van der Waals surface area contributed by atoms with Crippen LogP contribution >= 0.6 is 0 Å². The summed E-state index contributed by atoms with van der Waals surface area (Å²) in [6, 6.07) is 6.48. The molecular formula is C12H14N2O. The molecule has 0 saturated heterocycles. The summed E-state index contributed by atoms with van der Waals surface area (Å²) in [5.41, 5.74) is 8.66. The van der Waals surface area contributed by atoms with Gasteiger partial charge in [-0.15, -0.1) is 0 Å². The molecular weight excluding hydrogens is 188 g/mol. The fraction of sp³-hybridized carbons (Fsp3) is 0.333. The van der Waals surface area contributed by atoms with Crippen molar-refractivity contribution in [1.82, 2.24) is 5.32 Å². The predicted octanol–water partition coefficient (Wildman–Crippen LogP) is 2.27. The molecule has 1 aromatic heterocycles. The van der Waals surface area contributed by atoms with Crippen LogP contribution in [0.3, 0.4) is 0 Å². The summed E-state index contributed by atoms with van der Waals surface area (Å²) in [5.74, 6) is 0. The second-order valence-electron chi connectivity index (χ2n) is 4.17. The van der Waals surface area contributed by atoms with E-state index in [0.717, 1.165) is 29.2 Å². The summed E-state index contributed by atoms with van der Waals surface area (Å²) >= 11 is 0. The third kappa shape index (κ3) is 1.70. The molecule has 0 bridgehead atoms. The van der Waals surface area contributed by atoms with Crippen LogP contribution < -0.4 is 11.1 Å². The third-order valence-corrected chi connectivity index (χ3v) is 2.84. The van der Waals surface area contributed by atoms with E-state index in [1.807, 2.05) is 24.5 Å². The highest BCUT2D eigenvalue weighted by Crippen LogP contribution is 2.25. The van der Waals surface area contributed by atoms with Gasteiger partial charge in [0.25, 0.3) is 0 Å². The molecule has 3 rings (SSSR count). The summed E-state index contributed by atoms with van der Waals surface area (Å²) in [5, 5.41) is 4.60. The zero-order chi connectivity index (χ0) is 10.3. The van der Waals surface area contributed by atoms with Crippen LogP contribution in [0.15, 0.2) is 28.9 Å². The van der Waals surface area contributed by atoms with Gasteiger partial charge in [-0.25, -0.2) is 0 Å². The lowest BCUT2D eigenvalue weighted by Gasteiger charge is -2.00. The molecule has 1 aliphatic carbocycles. The second-order valence-corrected chi connectivity index (χ2v) is 4.17. The summed E-state index contributed by atoms with van der Waals surface area (Å²) in [6.45, 7) is 0.876. The number of fused-ring (bicyclic) bond motifs is 1. The molecule has 3 heteroatoms. The van der Waals surface area contributed by atoms with E-state index in [0.29, 0.717) is 0 Å². The zero-order valence-corrected chi connectivity index (χ0v) is 8.49. The number of hydrogen-bond acceptors (Lipinski definition) is 3. The number of nitrogens with one attached hydrogen (secondary N) is 1. The largest absolute Gasteiger partial charge is 0.464 e. The molecule has 0 atom stereocenters. The molecule has 3 nitrogen and oxygen atoms in total. The molecule has 0 amide bonds. The number of benzene rings is 1. The van der Waals surface area contributed by atoms with E-state index >= 15 is 0 Å². The van der Waals surface area contributed by atoms with Crippen LogP contribution in [-0.4, -0.2) is 6.04 Å². The molecule has 1 aromatic carbocycles. The molecule has 15 heavy (non-hydrogen) atoms. The Balaban J connectivity index is 1.91. The van der Waals surface area contributed by atoms with E-state index in [1.165, 1.54) is 18.4 Å². The fourth-order valence-corrected chi connectivity index (χ4v) is 1.78. The average molecular weight is 202 g/mol. The van der Waals surface area contributed by atoms with Crippen molar-refractivity contribution in [1.29, 1.82) is 0 Å². The van der Waals surface area contributed by atoms with Crippen molar-refractivity contribution in [2.24, 2.45) is 0 Å². The third-order valence-electron chi connectivity index (χ3n) is 2.84. The van der Waals surface area contributed by atoms with Crippen molar-refractivity contribution in [3.8, 4) is 0 Å². The molecule has 0 spiro atoms. The lowest BCUT2D eigenvalue weighted by molar-refractivity contribution is 0.601. The monoisotopic (exact) mass is 202 g/mol. The van der Waals surface area contributed by atoms with Gasteiger partial charge in [0, 0.05) is 29.2 Å². The minimum absolute atomic E-state index is 0.719. The topological polar surface area (TPSA) is 51.2 Å². The number of furan rings is 1. The first-order valence-electron chi connectivity index (χ1n) is 5.32. The van der Waals surface area contributed by atoms with Gasteiger partial charge in [0.1, 0.15) is 5.58 Å². The van der Waals surface area contributed by atoms with E-state index in [9.17, 15) is 0 Å². The highest BCUT2D eigenvalue weighted by atomic mass is 16.3. The van der Waals surface area contributed by atoms with Crippen molar-refractivity contribution >= 4 is 16.7 Å². The Hall–Kier alpha value is -1.48. The number of anilines is 1. The summed E-state index contributed by atoms with van der Waals surface area (Å²) < 4.78 is 5.46. The molecule has 1 saturated carbocycles. The SMILES string of the molecule is Nc1ccc2occ(CNC3CC3)c2c1. The van der Waals surface area contributed by atoms with Gasteiger partial charge in [-0.05, 0) is 31.0 Å². The quantitative estimate of drug-likeness (QED) is 0.751. The smallest absolute Gasteiger partial charge is 0.134 e. The van der Waals surface area contributed by atoms with Crippen molar-refractivity contribution in [2.75, 3.05) is 5.73 Å². The zero-order valence-electron chi connectivity index (χ0n) is 8.49. The van der Waals surface area contributed by atoms with Gasteiger partial charge in [-0.2, -0.15) is 0 Å². The van der Waals surface area contributed by atoms with E-state index in [1.54, 1.807) is 0 Å². The summed E-state index contributed by atoms with van der Waals surface area (Å²) in [6.07, 6.45) is 4.43. The number of rotatable bonds is 3. The Morgan fingerprint density at radius 1 is 1.40 bits per heavy atom. The first-order chi connectivity index (χ1) is 7.33. The minimum Gasteiger partial charge on any atom is -0.464 e. The molecule has 3 N–H and O–H groups in total. The highest BCUT2D eigenvalue weighted by Gasteiger charge is 2.20. The predicted molar refractivity (Wildman–Crippen MR) is 60.5 cm³/mol. The second kappa shape index (κ2) is 3.28. The van der Waals surface area contributed by atoms with E-state index in [-0.39, 0.29) is 0 Å². The molecule has 2 aromatic rings. The lowest BCUT2D eigenvalue weighted by atomic mass is 10.1. The standard InChI is InChI=1S/C12H14N2O/c13-9-1-4-12-11(5-9)8(7-15-12)6-14-10-2-3-10/h1,4-5,7,10,14H,2-3,6,13H2. The van der Waals surface area contributed by atoms with Crippen LogP contribution in [0.5, 0.6) is 0 Å². The molecule has 1 heterocycles. The Bertz CT molecular complexity index is 485. The first-order valence-corrected chi connectivity index (χ1v) is 5.32. The van der Waals surface area contributed by atoms with Crippen LogP contribution in [0.1, 0.15) is 18.4 Å². The number of nitrogens with two attached hydrogens (primary N) is 1. The first kappa shape index (κ1) is 8.80. The van der Waals surface area contributed by atoms with Crippen LogP contribution in [0.2, 0.25) is 0 Å². The van der Waals surface area contributed by atoms with Crippen LogP contribution in [0.25, 0.3) is 11.0 Å². The van der Waals surface area contributed by atoms with Gasteiger partial charge in [0.2, 0.25) is 0 Å². The Morgan fingerprint density at radius 2 is 2.27 bits per heavy atom. The van der Waals surface area contributed by atoms with Gasteiger partial charge in [-0.1, -0.05) is 0 Å². The van der Waals surface area contributed by atoms with Crippen LogP contribution in [-0.2, 0) is 6.54 Å². The van der Waals surface area contributed by atoms with Gasteiger partial charge in [-0.3, -0.25) is 0 Å². The van der Waals surface area contributed by atoms with Crippen molar-refractivity contribution in [2.45, 2.75) is 25.4 Å². The maximum atomic E-state index is 5.76. The molecule has 1 aliphatic rings. The molecule has 78 valence electrons. The van der Waals surface area contributed by atoms with E-state index in [2.05, 4.69) is 5.32 Å². The number of nitrogen functional groups attached to an aromatic ring is 1. The van der Waals surface area contributed by atoms with Gasteiger partial charge in [0.05, 0.1) is 6.26 Å². The molecule has 0 radical (unpaired) electrons. The number of hydrogen-bond donors (Lipinski definition) is 2. The van der Waals surface area contributed by atoms with Crippen LogP contribution in [0.4, 0.5) is 5.69 Å². The maximum absolute atomic E-state index is 5.76.